The first-order chi connectivity index (χ1) is 15.3. The Morgan fingerprint density at radius 3 is 2.52 bits per heavy atom. The van der Waals surface area contributed by atoms with Gasteiger partial charge in [-0.2, -0.15) is 27.1 Å². The third kappa shape index (κ3) is 4.19. The fourth-order valence-electron chi connectivity index (χ4n) is 3.35. The molecule has 0 spiro atoms. The van der Waals surface area contributed by atoms with E-state index in [-0.39, 0.29) is 5.82 Å². The Kier molecular flexibility index (Phi) is 5.26. The van der Waals surface area contributed by atoms with Gasteiger partial charge < -0.3 is 5.32 Å². The second-order valence-electron chi connectivity index (χ2n) is 7.92. The summed E-state index contributed by atoms with van der Waals surface area (Å²) in [5.41, 5.74) is 0.768. The summed E-state index contributed by atoms with van der Waals surface area (Å²) in [6, 6.07) is 1.95. The van der Waals surface area contributed by atoms with Crippen LogP contribution in [0.1, 0.15) is 43.5 Å². The van der Waals surface area contributed by atoms with Crippen molar-refractivity contribution in [1.82, 2.24) is 20.1 Å². The molecule has 4 rings (SSSR count). The molecule has 0 saturated heterocycles. The third-order valence-corrected chi connectivity index (χ3v) is 4.94. The standard InChI is InChI=1S/C20H18F6N6O/c1-10(12-8-11(21)4-5-14(12)19(22,23)20(24,25)26)28-15-6-7-32-17(29-15)13(9-27-32)16-30-18(2,3)33-31-16/h4-10H,1-3H3,(H,28,29)(H,30,31)/t10-/m1/s1. The maximum Gasteiger partial charge on any atom is 0.458 e. The normalized spacial score (nSPS) is 17.1. The van der Waals surface area contributed by atoms with E-state index in [1.807, 2.05) is 0 Å². The number of nitrogens with zero attached hydrogens (tertiary/aromatic N) is 4. The molecular formula is C20H18F6N6O. The Balaban J connectivity index is 1.69. The lowest BCUT2D eigenvalue weighted by Gasteiger charge is -2.25. The van der Waals surface area contributed by atoms with Gasteiger partial charge in [0, 0.05) is 11.8 Å². The molecule has 2 aromatic heterocycles. The van der Waals surface area contributed by atoms with Crippen LogP contribution in [0.2, 0.25) is 0 Å². The van der Waals surface area contributed by atoms with E-state index in [4.69, 9.17) is 4.84 Å². The zero-order chi connectivity index (χ0) is 24.2. The Labute approximate surface area is 183 Å². The molecule has 3 heterocycles. The molecule has 0 saturated carbocycles. The SMILES string of the molecule is C[C@@H](Nc1ccn2ncc(C3=NC(C)(C)ON3)c2n1)c1cc(F)ccc1C(F)(F)C(F)(F)F. The molecule has 1 aromatic carbocycles. The molecule has 0 unspecified atom stereocenters. The first kappa shape index (κ1) is 22.8. The molecule has 0 aliphatic carbocycles. The van der Waals surface area contributed by atoms with Gasteiger partial charge in [0.05, 0.1) is 17.8 Å². The van der Waals surface area contributed by atoms with Crippen molar-refractivity contribution in [2.75, 3.05) is 5.32 Å². The number of nitrogens with one attached hydrogen (secondary N) is 2. The molecule has 3 aromatic rings. The largest absolute Gasteiger partial charge is 0.458 e. The average Bonchev–Trinajstić information content (AvgIpc) is 3.29. The van der Waals surface area contributed by atoms with Crippen LogP contribution in [0.3, 0.4) is 0 Å². The number of benzene rings is 1. The highest BCUT2D eigenvalue weighted by atomic mass is 19.4. The molecule has 1 atom stereocenters. The van der Waals surface area contributed by atoms with Crippen LogP contribution >= 0.6 is 0 Å². The summed E-state index contributed by atoms with van der Waals surface area (Å²) >= 11 is 0. The van der Waals surface area contributed by atoms with Crippen molar-refractivity contribution < 1.29 is 31.2 Å². The molecule has 1 aliphatic heterocycles. The Morgan fingerprint density at radius 1 is 1.15 bits per heavy atom. The smallest absolute Gasteiger partial charge is 0.363 e. The number of rotatable bonds is 5. The molecule has 0 bridgehead atoms. The number of amidine groups is 1. The van der Waals surface area contributed by atoms with Crippen molar-refractivity contribution in [3.63, 3.8) is 0 Å². The number of hydrogen-bond acceptors (Lipinski definition) is 6. The van der Waals surface area contributed by atoms with Crippen molar-refractivity contribution in [2.45, 2.75) is 44.6 Å². The van der Waals surface area contributed by atoms with Crippen molar-refractivity contribution in [3.05, 3.63) is 59.2 Å². The van der Waals surface area contributed by atoms with Gasteiger partial charge in [0.25, 0.3) is 0 Å². The van der Waals surface area contributed by atoms with E-state index in [1.165, 1.54) is 29.9 Å². The van der Waals surface area contributed by atoms with Crippen molar-refractivity contribution in [2.24, 2.45) is 4.99 Å². The molecule has 0 radical (unpaired) electrons. The number of anilines is 1. The molecule has 13 heteroatoms. The van der Waals surface area contributed by atoms with Gasteiger partial charge in [0.15, 0.2) is 17.2 Å². The number of aromatic nitrogens is 3. The van der Waals surface area contributed by atoms with Gasteiger partial charge in [-0.15, -0.1) is 0 Å². The van der Waals surface area contributed by atoms with Gasteiger partial charge in [0.1, 0.15) is 11.6 Å². The third-order valence-electron chi connectivity index (χ3n) is 4.94. The number of fused-ring (bicyclic) bond motifs is 1. The second-order valence-corrected chi connectivity index (χ2v) is 7.92. The summed E-state index contributed by atoms with van der Waals surface area (Å²) in [5, 5.41) is 6.90. The van der Waals surface area contributed by atoms with Crippen LogP contribution in [-0.2, 0) is 10.8 Å². The molecule has 176 valence electrons. The summed E-state index contributed by atoms with van der Waals surface area (Å²) in [7, 11) is 0. The lowest BCUT2D eigenvalue weighted by atomic mass is 9.96. The van der Waals surface area contributed by atoms with Gasteiger partial charge in [-0.05, 0) is 50.6 Å². The molecule has 7 nitrogen and oxygen atoms in total. The molecular weight excluding hydrogens is 454 g/mol. The van der Waals surface area contributed by atoms with Crippen LogP contribution in [0.4, 0.5) is 32.2 Å². The molecule has 33 heavy (non-hydrogen) atoms. The minimum Gasteiger partial charge on any atom is -0.363 e. The Hall–Kier alpha value is -3.35. The van der Waals surface area contributed by atoms with Crippen molar-refractivity contribution in [3.8, 4) is 0 Å². The average molecular weight is 472 g/mol. The number of alkyl halides is 5. The highest BCUT2D eigenvalue weighted by Crippen LogP contribution is 2.46. The fourth-order valence-corrected chi connectivity index (χ4v) is 3.35. The monoisotopic (exact) mass is 472 g/mol. The Bertz CT molecular complexity index is 1240. The molecule has 0 fully saturated rings. The van der Waals surface area contributed by atoms with Gasteiger partial charge in [-0.1, -0.05) is 0 Å². The first-order valence-electron chi connectivity index (χ1n) is 9.68. The van der Waals surface area contributed by atoms with E-state index in [9.17, 15) is 26.3 Å². The van der Waals surface area contributed by atoms with Crippen LogP contribution in [-0.4, -0.2) is 32.3 Å². The maximum atomic E-state index is 14.1. The quantitative estimate of drug-likeness (QED) is 0.526. The highest BCUT2D eigenvalue weighted by molar-refractivity contribution is 6.03. The summed E-state index contributed by atoms with van der Waals surface area (Å²) in [6.07, 6.45) is -2.84. The number of hydroxylamine groups is 1. The van der Waals surface area contributed by atoms with Gasteiger partial charge in [-0.25, -0.2) is 29.2 Å². The van der Waals surface area contributed by atoms with E-state index in [0.717, 1.165) is 0 Å². The maximum absolute atomic E-state index is 14.1. The predicted molar refractivity (Wildman–Crippen MR) is 106 cm³/mol. The van der Waals surface area contributed by atoms with Crippen LogP contribution in [0.5, 0.6) is 0 Å². The molecule has 2 N–H and O–H groups in total. The molecule has 1 aliphatic rings. The summed E-state index contributed by atoms with van der Waals surface area (Å²) in [4.78, 5) is 14.1. The van der Waals surface area contributed by atoms with E-state index in [2.05, 4.69) is 25.9 Å². The number of halogens is 6. The number of hydrogen-bond donors (Lipinski definition) is 2. The zero-order valence-corrected chi connectivity index (χ0v) is 17.5. The first-order valence-corrected chi connectivity index (χ1v) is 9.68. The van der Waals surface area contributed by atoms with Gasteiger partial charge in [0.2, 0.25) is 0 Å². The predicted octanol–water partition coefficient (Wildman–Crippen LogP) is 4.71. The van der Waals surface area contributed by atoms with Crippen LogP contribution in [0.25, 0.3) is 5.65 Å². The molecule has 0 amide bonds. The van der Waals surface area contributed by atoms with E-state index in [1.54, 1.807) is 13.8 Å². The second kappa shape index (κ2) is 7.61. The van der Waals surface area contributed by atoms with Crippen molar-refractivity contribution in [1.29, 1.82) is 0 Å². The van der Waals surface area contributed by atoms with Crippen LogP contribution < -0.4 is 10.8 Å². The van der Waals surface area contributed by atoms with Gasteiger partial charge in [-0.3, -0.25) is 0 Å². The lowest BCUT2D eigenvalue weighted by Crippen LogP contribution is -2.35. The van der Waals surface area contributed by atoms with E-state index in [0.29, 0.717) is 35.2 Å². The van der Waals surface area contributed by atoms with Crippen molar-refractivity contribution >= 4 is 17.3 Å². The summed E-state index contributed by atoms with van der Waals surface area (Å²) < 4.78 is 82.2. The van der Waals surface area contributed by atoms with Crippen LogP contribution in [0.15, 0.2) is 41.7 Å². The van der Waals surface area contributed by atoms with E-state index >= 15 is 0 Å². The zero-order valence-electron chi connectivity index (χ0n) is 17.5. The van der Waals surface area contributed by atoms with Gasteiger partial charge >= 0.3 is 12.1 Å². The topological polar surface area (TPSA) is 75.8 Å². The summed E-state index contributed by atoms with van der Waals surface area (Å²) in [6.45, 7) is 4.79. The summed E-state index contributed by atoms with van der Waals surface area (Å²) in [5.74, 6) is -5.61. The highest BCUT2D eigenvalue weighted by Gasteiger charge is 2.59. The minimum absolute atomic E-state index is 0.140. The van der Waals surface area contributed by atoms with Crippen LogP contribution in [0, 0.1) is 5.82 Å². The number of aliphatic imine (C=N–C) groups is 1. The Morgan fingerprint density at radius 2 is 1.88 bits per heavy atom. The lowest BCUT2D eigenvalue weighted by molar-refractivity contribution is -0.289. The fraction of sp³-hybridized carbons (Fsp3) is 0.350. The minimum atomic E-state index is -5.84. The van der Waals surface area contributed by atoms with E-state index < -0.39 is 40.8 Å².